The molecular weight excluding hydrogens is 494 g/mol. The highest BCUT2D eigenvalue weighted by molar-refractivity contribution is 9.11. The van der Waals surface area contributed by atoms with Crippen molar-refractivity contribution in [3.05, 3.63) is 32.7 Å². The molecule has 1 amide bonds. The largest absolute Gasteiger partial charge is 0.345 e. The van der Waals surface area contributed by atoms with Crippen LogP contribution in [0.5, 0.6) is 0 Å². The zero-order valence-electron chi connectivity index (χ0n) is 9.77. The molecule has 0 saturated heterocycles. The first kappa shape index (κ1) is 16.7. The molecule has 0 aliphatic carbocycles. The molecule has 1 aromatic carbocycles. The van der Waals surface area contributed by atoms with Gasteiger partial charge in [-0.3, -0.25) is 4.79 Å². The van der Waals surface area contributed by atoms with Crippen molar-refractivity contribution in [3.63, 3.8) is 0 Å². The van der Waals surface area contributed by atoms with Crippen molar-refractivity contribution in [2.45, 2.75) is 18.9 Å². The third-order valence-electron chi connectivity index (χ3n) is 2.74. The van der Waals surface area contributed by atoms with Crippen LogP contribution >= 0.6 is 63.7 Å². The van der Waals surface area contributed by atoms with Crippen molar-refractivity contribution in [3.8, 4) is 0 Å². The van der Waals surface area contributed by atoms with E-state index < -0.39 is 0 Å². The van der Waals surface area contributed by atoms with Gasteiger partial charge in [-0.05, 0) is 40.5 Å². The minimum Gasteiger partial charge on any atom is -0.345 e. The Morgan fingerprint density at radius 1 is 1.28 bits per heavy atom. The van der Waals surface area contributed by atoms with Crippen LogP contribution in [0.1, 0.15) is 23.7 Å². The number of halogens is 4. The molecule has 1 aromatic rings. The van der Waals surface area contributed by atoms with Crippen molar-refractivity contribution in [2.75, 3.05) is 10.7 Å². The number of benzene rings is 1. The van der Waals surface area contributed by atoms with Gasteiger partial charge in [-0.25, -0.2) is 0 Å². The fourth-order valence-corrected chi connectivity index (χ4v) is 4.15. The highest BCUT2D eigenvalue weighted by Gasteiger charge is 2.28. The van der Waals surface area contributed by atoms with Gasteiger partial charge in [-0.2, -0.15) is 0 Å². The van der Waals surface area contributed by atoms with Crippen LogP contribution in [-0.4, -0.2) is 22.1 Å². The summed E-state index contributed by atoms with van der Waals surface area (Å²) in [5, 5.41) is 4.50. The molecule has 18 heavy (non-hydrogen) atoms. The summed E-state index contributed by atoms with van der Waals surface area (Å²) in [6, 6.07) is 5.56. The molecule has 6 heteroatoms. The Bertz CT molecular complexity index is 424. The van der Waals surface area contributed by atoms with E-state index in [2.05, 4.69) is 76.0 Å². The van der Waals surface area contributed by atoms with Gasteiger partial charge in [0, 0.05) is 19.6 Å². The molecule has 2 nitrogen and oxygen atoms in total. The van der Waals surface area contributed by atoms with Gasteiger partial charge in [0.1, 0.15) is 0 Å². The summed E-state index contributed by atoms with van der Waals surface area (Å²) in [4.78, 5) is 12.3. The van der Waals surface area contributed by atoms with Crippen LogP contribution in [0, 0.1) is 0 Å². The quantitative estimate of drug-likeness (QED) is 0.567. The Morgan fingerprint density at radius 2 is 1.89 bits per heavy atom. The van der Waals surface area contributed by atoms with Crippen LogP contribution in [0.25, 0.3) is 0 Å². The van der Waals surface area contributed by atoms with Gasteiger partial charge < -0.3 is 5.32 Å². The summed E-state index contributed by atoms with van der Waals surface area (Å²) in [6.07, 6.45) is 0.848. The van der Waals surface area contributed by atoms with E-state index in [9.17, 15) is 4.79 Å². The zero-order chi connectivity index (χ0) is 13.8. The van der Waals surface area contributed by atoms with Crippen molar-refractivity contribution in [2.24, 2.45) is 0 Å². The molecule has 0 spiro atoms. The molecule has 0 aliphatic heterocycles. The smallest absolute Gasteiger partial charge is 0.252 e. The topological polar surface area (TPSA) is 29.1 Å². The second-order valence-electron chi connectivity index (χ2n) is 3.98. The molecule has 0 radical (unpaired) electrons. The predicted molar refractivity (Wildman–Crippen MR) is 89.9 cm³/mol. The zero-order valence-corrected chi connectivity index (χ0v) is 16.1. The number of carbonyl (C=O) groups excluding carboxylic acids is 1. The second kappa shape index (κ2) is 7.41. The number of amides is 1. The maximum atomic E-state index is 12.3. The fraction of sp³-hybridized carbons (Fsp3) is 0.417. The summed E-state index contributed by atoms with van der Waals surface area (Å²) < 4.78 is 1.67. The van der Waals surface area contributed by atoms with Gasteiger partial charge >= 0.3 is 0 Å². The Balaban J connectivity index is 2.97. The summed E-state index contributed by atoms with van der Waals surface area (Å²) in [5.74, 6) is -0.0797. The monoisotopic (exact) mass is 503 g/mol. The van der Waals surface area contributed by atoms with Crippen molar-refractivity contribution in [1.82, 2.24) is 5.32 Å². The number of alkyl halides is 2. The summed E-state index contributed by atoms with van der Waals surface area (Å²) in [7, 11) is 0. The number of hydrogen-bond donors (Lipinski definition) is 1. The normalized spacial score (nSPS) is 11.4. The Hall–Kier alpha value is 0.610. The van der Waals surface area contributed by atoms with Crippen LogP contribution < -0.4 is 5.32 Å². The molecule has 0 atom stereocenters. The van der Waals surface area contributed by atoms with E-state index in [1.807, 2.05) is 18.2 Å². The lowest BCUT2D eigenvalue weighted by atomic mass is 10.0. The van der Waals surface area contributed by atoms with Gasteiger partial charge in [0.05, 0.1) is 11.1 Å². The predicted octanol–water partition coefficient (Wildman–Crippen LogP) is 4.88. The van der Waals surface area contributed by atoms with Crippen molar-refractivity contribution in [1.29, 1.82) is 0 Å². The Morgan fingerprint density at radius 3 is 2.39 bits per heavy atom. The van der Waals surface area contributed by atoms with Crippen LogP contribution in [-0.2, 0) is 0 Å². The Kier molecular flexibility index (Phi) is 6.86. The molecule has 0 heterocycles. The number of carbonyl (C=O) groups is 1. The SMILES string of the molecule is CCC(CBr)(CBr)NC(=O)c1cc(Br)ccc1Br. The molecular formula is C12H13Br4NO. The Labute approximate surface area is 141 Å². The summed E-state index contributed by atoms with van der Waals surface area (Å²) in [6.45, 7) is 2.05. The summed E-state index contributed by atoms with van der Waals surface area (Å²) in [5.41, 5.74) is 0.364. The standard InChI is InChI=1S/C12H13Br4NO/c1-2-12(6-13,7-14)17-11(18)9-5-8(15)3-4-10(9)16/h3-5H,2,6-7H2,1H3,(H,17,18). The van der Waals surface area contributed by atoms with Gasteiger partial charge in [-0.1, -0.05) is 54.7 Å². The highest BCUT2D eigenvalue weighted by Crippen LogP contribution is 2.23. The molecule has 0 saturated carbocycles. The first-order valence-corrected chi connectivity index (χ1v) is 9.20. The third-order valence-corrected chi connectivity index (χ3v) is 6.07. The number of hydrogen-bond acceptors (Lipinski definition) is 1. The van der Waals surface area contributed by atoms with Gasteiger partial charge in [0.15, 0.2) is 0 Å². The molecule has 100 valence electrons. The molecule has 0 bridgehead atoms. The van der Waals surface area contributed by atoms with E-state index in [1.165, 1.54) is 0 Å². The highest BCUT2D eigenvalue weighted by atomic mass is 79.9. The van der Waals surface area contributed by atoms with Crippen LogP contribution in [0.15, 0.2) is 27.1 Å². The molecule has 1 rings (SSSR count). The van der Waals surface area contributed by atoms with Crippen LogP contribution in [0.4, 0.5) is 0 Å². The van der Waals surface area contributed by atoms with Gasteiger partial charge in [0.2, 0.25) is 0 Å². The number of rotatable bonds is 5. The van der Waals surface area contributed by atoms with Crippen molar-refractivity contribution >= 4 is 69.6 Å². The lowest BCUT2D eigenvalue weighted by Gasteiger charge is -2.30. The maximum absolute atomic E-state index is 12.3. The average Bonchev–Trinajstić information content (AvgIpc) is 2.38. The second-order valence-corrected chi connectivity index (χ2v) is 6.87. The van der Waals surface area contributed by atoms with Gasteiger partial charge in [-0.15, -0.1) is 0 Å². The molecule has 0 aliphatic rings. The lowest BCUT2D eigenvalue weighted by molar-refractivity contribution is 0.0914. The lowest BCUT2D eigenvalue weighted by Crippen LogP contribution is -2.51. The van der Waals surface area contributed by atoms with Crippen molar-refractivity contribution < 1.29 is 4.79 Å². The van der Waals surface area contributed by atoms with E-state index in [4.69, 9.17) is 0 Å². The summed E-state index contributed by atoms with van der Waals surface area (Å²) >= 11 is 13.7. The van der Waals surface area contributed by atoms with E-state index in [-0.39, 0.29) is 11.4 Å². The van der Waals surface area contributed by atoms with E-state index in [1.54, 1.807) is 0 Å². The first-order valence-electron chi connectivity index (χ1n) is 5.37. The van der Waals surface area contributed by atoms with Crippen LogP contribution in [0.2, 0.25) is 0 Å². The number of nitrogens with one attached hydrogen (secondary N) is 1. The molecule has 0 aromatic heterocycles. The molecule has 1 N–H and O–H groups in total. The van der Waals surface area contributed by atoms with E-state index in [0.717, 1.165) is 15.4 Å². The first-order chi connectivity index (χ1) is 8.48. The minimum atomic E-state index is -0.265. The molecule has 0 unspecified atom stereocenters. The average molecular weight is 507 g/mol. The molecule has 0 fully saturated rings. The van der Waals surface area contributed by atoms with Gasteiger partial charge in [0.25, 0.3) is 5.91 Å². The van der Waals surface area contributed by atoms with E-state index >= 15 is 0 Å². The van der Waals surface area contributed by atoms with E-state index in [0.29, 0.717) is 16.2 Å². The maximum Gasteiger partial charge on any atom is 0.252 e. The van der Waals surface area contributed by atoms with Crippen LogP contribution in [0.3, 0.4) is 0 Å². The fourth-order valence-electron chi connectivity index (χ4n) is 1.36. The third kappa shape index (κ3) is 4.05. The minimum absolute atomic E-state index is 0.0797.